The lowest BCUT2D eigenvalue weighted by atomic mass is 10.1. The van der Waals surface area contributed by atoms with E-state index in [2.05, 4.69) is 5.32 Å². The monoisotopic (exact) mass is 290 g/mol. The van der Waals surface area contributed by atoms with Crippen molar-refractivity contribution >= 4 is 17.5 Å². The van der Waals surface area contributed by atoms with Gasteiger partial charge in [0.15, 0.2) is 0 Å². The second kappa shape index (κ2) is 5.78. The summed E-state index contributed by atoms with van der Waals surface area (Å²) in [4.78, 5) is 22.7. The van der Waals surface area contributed by atoms with Gasteiger partial charge in [0.1, 0.15) is 6.04 Å². The molecule has 1 rings (SSSR count). The fourth-order valence-electron chi connectivity index (χ4n) is 1.48. The van der Waals surface area contributed by atoms with Crippen LogP contribution in [-0.2, 0) is 11.0 Å². The first-order valence-electron chi connectivity index (χ1n) is 5.45. The Balaban J connectivity index is 3.19. The zero-order chi connectivity index (χ0) is 15.5. The Hall–Kier alpha value is -2.29. The van der Waals surface area contributed by atoms with Gasteiger partial charge in [0.25, 0.3) is 5.91 Å². The van der Waals surface area contributed by atoms with E-state index in [1.807, 2.05) is 5.43 Å². The summed E-state index contributed by atoms with van der Waals surface area (Å²) in [7, 11) is 0. The van der Waals surface area contributed by atoms with E-state index in [-0.39, 0.29) is 5.56 Å². The number of nitrogens with two attached hydrogens (primary N) is 2. The number of primary amides is 1. The number of hydrazine groups is 1. The fraction of sp³-hybridized carbons (Fsp3) is 0.273. The molecule has 20 heavy (non-hydrogen) atoms. The normalized spacial score (nSPS) is 12.7. The number of halogens is 3. The standard InChI is InChI=1S/C11H13F3N4O2/c1-5(9(15)19)17-10(20)6-3-2-4-7(8(6)18-16)11(12,13)14/h2-5,18H,16H2,1H3,(H2,15,19)(H,17,20). The Morgan fingerprint density at radius 1 is 1.30 bits per heavy atom. The molecule has 6 N–H and O–H groups in total. The molecule has 110 valence electrons. The van der Waals surface area contributed by atoms with E-state index in [4.69, 9.17) is 11.6 Å². The molecule has 0 spiro atoms. The van der Waals surface area contributed by atoms with Gasteiger partial charge in [0, 0.05) is 0 Å². The van der Waals surface area contributed by atoms with E-state index in [0.29, 0.717) is 0 Å². The molecule has 0 heterocycles. The molecule has 0 aromatic heterocycles. The summed E-state index contributed by atoms with van der Waals surface area (Å²) >= 11 is 0. The van der Waals surface area contributed by atoms with Crippen LogP contribution in [0.1, 0.15) is 22.8 Å². The highest BCUT2D eigenvalue weighted by molar-refractivity contribution is 6.02. The maximum Gasteiger partial charge on any atom is 0.418 e. The molecule has 0 aliphatic rings. The topological polar surface area (TPSA) is 110 Å². The molecule has 2 amide bonds. The molecule has 0 aliphatic heterocycles. The minimum atomic E-state index is -4.67. The Labute approximate surface area is 112 Å². The van der Waals surface area contributed by atoms with E-state index >= 15 is 0 Å². The zero-order valence-electron chi connectivity index (χ0n) is 10.4. The summed E-state index contributed by atoms with van der Waals surface area (Å²) in [5.74, 6) is 3.35. The Morgan fingerprint density at radius 2 is 1.90 bits per heavy atom. The van der Waals surface area contributed by atoms with Gasteiger partial charge in [0.05, 0.1) is 16.8 Å². The van der Waals surface area contributed by atoms with Crippen LogP contribution >= 0.6 is 0 Å². The van der Waals surface area contributed by atoms with Gasteiger partial charge in [-0.15, -0.1) is 0 Å². The van der Waals surface area contributed by atoms with Crippen LogP contribution in [0.3, 0.4) is 0 Å². The molecule has 0 saturated heterocycles. The first-order chi connectivity index (χ1) is 9.18. The molecule has 1 aromatic rings. The predicted octanol–water partition coefficient (Wildman–Crippen LogP) is 0.595. The molecule has 6 nitrogen and oxygen atoms in total. The number of anilines is 1. The zero-order valence-corrected chi connectivity index (χ0v) is 10.4. The second-order valence-electron chi connectivity index (χ2n) is 3.97. The highest BCUT2D eigenvalue weighted by atomic mass is 19.4. The lowest BCUT2D eigenvalue weighted by Crippen LogP contribution is -2.42. The third kappa shape index (κ3) is 3.38. The maximum absolute atomic E-state index is 12.8. The number of hydrogen-bond acceptors (Lipinski definition) is 4. The number of nitrogen functional groups attached to an aromatic ring is 1. The van der Waals surface area contributed by atoms with Gasteiger partial charge in [-0.3, -0.25) is 15.4 Å². The minimum Gasteiger partial charge on any atom is -0.368 e. The molecule has 9 heteroatoms. The van der Waals surface area contributed by atoms with Crippen molar-refractivity contribution in [3.05, 3.63) is 29.3 Å². The fourth-order valence-corrected chi connectivity index (χ4v) is 1.48. The number of para-hydroxylation sites is 1. The van der Waals surface area contributed by atoms with E-state index < -0.39 is 35.3 Å². The van der Waals surface area contributed by atoms with Gasteiger partial charge in [-0.2, -0.15) is 13.2 Å². The van der Waals surface area contributed by atoms with E-state index in [9.17, 15) is 22.8 Å². The van der Waals surface area contributed by atoms with Crippen LogP contribution in [0, 0.1) is 0 Å². The van der Waals surface area contributed by atoms with E-state index in [1.165, 1.54) is 6.92 Å². The van der Waals surface area contributed by atoms with Gasteiger partial charge in [-0.1, -0.05) is 6.07 Å². The number of benzene rings is 1. The van der Waals surface area contributed by atoms with Crippen molar-refractivity contribution in [3.63, 3.8) is 0 Å². The quantitative estimate of drug-likeness (QED) is 0.480. The first kappa shape index (κ1) is 15.8. The maximum atomic E-state index is 12.8. The van der Waals surface area contributed by atoms with Crippen molar-refractivity contribution in [1.82, 2.24) is 5.32 Å². The number of amides is 2. The Morgan fingerprint density at radius 3 is 2.35 bits per heavy atom. The molecule has 0 fully saturated rings. The number of nitrogens with one attached hydrogen (secondary N) is 2. The first-order valence-corrected chi connectivity index (χ1v) is 5.45. The van der Waals surface area contributed by atoms with Crippen molar-refractivity contribution in [2.24, 2.45) is 11.6 Å². The third-order valence-electron chi connectivity index (χ3n) is 2.53. The summed E-state index contributed by atoms with van der Waals surface area (Å²) in [5, 5.41) is 2.17. The van der Waals surface area contributed by atoms with Crippen molar-refractivity contribution in [1.29, 1.82) is 0 Å². The number of carbonyl (C=O) groups is 2. The van der Waals surface area contributed by atoms with Crippen molar-refractivity contribution in [2.45, 2.75) is 19.1 Å². The molecule has 0 saturated carbocycles. The van der Waals surface area contributed by atoms with Gasteiger partial charge < -0.3 is 16.5 Å². The number of alkyl halides is 3. The average Bonchev–Trinajstić information content (AvgIpc) is 2.36. The average molecular weight is 290 g/mol. The summed E-state index contributed by atoms with van der Waals surface area (Å²) < 4.78 is 38.3. The second-order valence-corrected chi connectivity index (χ2v) is 3.97. The smallest absolute Gasteiger partial charge is 0.368 e. The van der Waals surface area contributed by atoms with Crippen LogP contribution in [0.15, 0.2) is 18.2 Å². The molecule has 0 aliphatic carbocycles. The van der Waals surface area contributed by atoms with Crippen LogP contribution in [-0.4, -0.2) is 17.9 Å². The molecular formula is C11H13F3N4O2. The highest BCUT2D eigenvalue weighted by Gasteiger charge is 2.35. The highest BCUT2D eigenvalue weighted by Crippen LogP contribution is 2.36. The summed E-state index contributed by atoms with van der Waals surface area (Å²) in [6, 6.07) is 1.97. The summed E-state index contributed by atoms with van der Waals surface area (Å²) in [6.45, 7) is 1.31. The molecule has 0 radical (unpaired) electrons. The Bertz CT molecular complexity index is 531. The van der Waals surface area contributed by atoms with Crippen LogP contribution in [0.25, 0.3) is 0 Å². The molecular weight excluding hydrogens is 277 g/mol. The third-order valence-corrected chi connectivity index (χ3v) is 2.53. The van der Waals surface area contributed by atoms with Crippen LogP contribution in [0.5, 0.6) is 0 Å². The molecule has 1 unspecified atom stereocenters. The van der Waals surface area contributed by atoms with Gasteiger partial charge in [0.2, 0.25) is 5.91 Å². The molecule has 1 atom stereocenters. The van der Waals surface area contributed by atoms with Crippen LogP contribution < -0.4 is 22.3 Å². The predicted molar refractivity (Wildman–Crippen MR) is 65.4 cm³/mol. The van der Waals surface area contributed by atoms with Gasteiger partial charge in [-0.25, -0.2) is 0 Å². The van der Waals surface area contributed by atoms with E-state index in [1.54, 1.807) is 0 Å². The lowest BCUT2D eigenvalue weighted by Gasteiger charge is -2.17. The van der Waals surface area contributed by atoms with Crippen molar-refractivity contribution < 1.29 is 22.8 Å². The summed E-state index contributed by atoms with van der Waals surface area (Å²) in [5.41, 5.74) is 4.82. The SMILES string of the molecule is CC(NC(=O)c1cccc(C(F)(F)F)c1NN)C(N)=O. The van der Waals surface area contributed by atoms with E-state index in [0.717, 1.165) is 18.2 Å². The van der Waals surface area contributed by atoms with Gasteiger partial charge in [-0.05, 0) is 19.1 Å². The largest absolute Gasteiger partial charge is 0.418 e. The van der Waals surface area contributed by atoms with Crippen LogP contribution in [0.2, 0.25) is 0 Å². The van der Waals surface area contributed by atoms with Crippen molar-refractivity contribution in [3.8, 4) is 0 Å². The number of hydrogen-bond donors (Lipinski definition) is 4. The van der Waals surface area contributed by atoms with Crippen molar-refractivity contribution in [2.75, 3.05) is 5.43 Å². The van der Waals surface area contributed by atoms with Gasteiger partial charge >= 0.3 is 6.18 Å². The number of carbonyl (C=O) groups excluding carboxylic acids is 2. The number of rotatable bonds is 4. The Kier molecular flexibility index (Phi) is 4.56. The molecule has 0 bridgehead atoms. The minimum absolute atomic E-state index is 0.338. The van der Waals surface area contributed by atoms with Crippen LogP contribution in [0.4, 0.5) is 18.9 Å². The molecule has 1 aromatic carbocycles. The lowest BCUT2D eigenvalue weighted by molar-refractivity contribution is -0.137. The summed E-state index contributed by atoms with van der Waals surface area (Å²) in [6.07, 6.45) is -4.67.